The number of rotatable bonds is 2. The molecule has 1 aromatic rings. The van der Waals surface area contributed by atoms with Gasteiger partial charge in [-0.05, 0) is 29.9 Å². The van der Waals surface area contributed by atoms with Crippen LogP contribution in [0.5, 0.6) is 0 Å². The van der Waals surface area contributed by atoms with Gasteiger partial charge in [0.25, 0.3) is 0 Å². The van der Waals surface area contributed by atoms with Gasteiger partial charge in [-0.25, -0.2) is 0 Å². The Morgan fingerprint density at radius 2 is 1.12 bits per heavy atom. The second kappa shape index (κ2) is 7.75. The van der Waals surface area contributed by atoms with Gasteiger partial charge in [0.2, 0.25) is 0 Å². The molecule has 1 nitrogen and oxygen atoms in total. The van der Waals surface area contributed by atoms with E-state index in [9.17, 15) is 0 Å². The standard InChI is InChI=1S/C12H18.C2H6OS/c1-9(2)11-7-5-6-8-12(11)10(3)4;1-2(3)4/h5-10H,1-4H3;2-4H,1H3. The first-order valence-electron chi connectivity index (χ1n) is 5.81. The fraction of sp³-hybridized carbons (Fsp3) is 0.571. The molecule has 92 valence electrons. The fourth-order valence-corrected chi connectivity index (χ4v) is 1.56. The average Bonchev–Trinajstić information content (AvgIpc) is 2.16. The number of thiol groups is 1. The van der Waals surface area contributed by atoms with E-state index >= 15 is 0 Å². The molecule has 0 aliphatic rings. The Morgan fingerprint density at radius 3 is 1.31 bits per heavy atom. The Morgan fingerprint density at radius 1 is 0.875 bits per heavy atom. The van der Waals surface area contributed by atoms with Crippen LogP contribution in [0.1, 0.15) is 57.6 Å². The maximum absolute atomic E-state index is 7.92. The molecule has 0 saturated heterocycles. The lowest BCUT2D eigenvalue weighted by Gasteiger charge is -2.14. The zero-order valence-electron chi connectivity index (χ0n) is 10.9. The van der Waals surface area contributed by atoms with Crippen LogP contribution in [-0.2, 0) is 0 Å². The summed E-state index contributed by atoms with van der Waals surface area (Å²) < 4.78 is 0. The fourth-order valence-electron chi connectivity index (χ4n) is 1.56. The van der Waals surface area contributed by atoms with E-state index in [-0.39, 0.29) is 0 Å². The van der Waals surface area contributed by atoms with Crippen LogP contribution in [0.25, 0.3) is 0 Å². The number of hydrogen-bond acceptors (Lipinski definition) is 2. The maximum atomic E-state index is 7.92. The SMILES string of the molecule is CC(C)c1ccccc1C(C)C.CC(O)S. The van der Waals surface area contributed by atoms with Gasteiger partial charge >= 0.3 is 0 Å². The van der Waals surface area contributed by atoms with E-state index in [0.717, 1.165) is 0 Å². The first-order chi connectivity index (χ1) is 7.36. The molecule has 0 heterocycles. The molecule has 1 N–H and O–H groups in total. The van der Waals surface area contributed by atoms with Crippen LogP contribution in [0.3, 0.4) is 0 Å². The van der Waals surface area contributed by atoms with Gasteiger partial charge in [-0.2, -0.15) is 0 Å². The second-order valence-electron chi connectivity index (χ2n) is 4.57. The monoisotopic (exact) mass is 240 g/mol. The maximum Gasteiger partial charge on any atom is 0.0936 e. The van der Waals surface area contributed by atoms with Crippen molar-refractivity contribution in [3.05, 3.63) is 35.4 Å². The molecule has 0 aromatic heterocycles. The van der Waals surface area contributed by atoms with E-state index in [1.807, 2.05) is 0 Å². The molecule has 1 unspecified atom stereocenters. The molecule has 1 rings (SSSR count). The minimum absolute atomic E-state index is 0.472. The van der Waals surface area contributed by atoms with Gasteiger partial charge in [-0.15, -0.1) is 12.6 Å². The van der Waals surface area contributed by atoms with Gasteiger partial charge in [-0.3, -0.25) is 0 Å². The summed E-state index contributed by atoms with van der Waals surface area (Å²) in [4.78, 5) is 0. The van der Waals surface area contributed by atoms with Crippen molar-refractivity contribution in [2.45, 2.75) is 51.9 Å². The molecule has 0 fully saturated rings. The molecule has 0 saturated carbocycles. The third kappa shape index (κ3) is 6.19. The highest BCUT2D eigenvalue weighted by molar-refractivity contribution is 7.80. The molecule has 0 radical (unpaired) electrons. The van der Waals surface area contributed by atoms with E-state index in [1.54, 1.807) is 6.92 Å². The van der Waals surface area contributed by atoms with Crippen molar-refractivity contribution in [2.75, 3.05) is 0 Å². The van der Waals surface area contributed by atoms with Crippen LogP contribution >= 0.6 is 12.6 Å². The van der Waals surface area contributed by atoms with E-state index in [0.29, 0.717) is 11.8 Å². The summed E-state index contributed by atoms with van der Waals surface area (Å²) in [5.41, 5.74) is 2.51. The highest BCUT2D eigenvalue weighted by Gasteiger charge is 2.07. The molecule has 1 atom stereocenters. The highest BCUT2D eigenvalue weighted by Crippen LogP contribution is 2.25. The molecule has 0 aliphatic heterocycles. The smallest absolute Gasteiger partial charge is 0.0936 e. The third-order valence-electron chi connectivity index (χ3n) is 2.24. The average molecular weight is 240 g/mol. The van der Waals surface area contributed by atoms with E-state index in [1.165, 1.54) is 11.1 Å². The summed E-state index contributed by atoms with van der Waals surface area (Å²) >= 11 is 3.52. The van der Waals surface area contributed by atoms with Crippen molar-refractivity contribution in [2.24, 2.45) is 0 Å². The Kier molecular flexibility index (Phi) is 7.52. The van der Waals surface area contributed by atoms with Crippen molar-refractivity contribution >= 4 is 12.6 Å². The third-order valence-corrected chi connectivity index (χ3v) is 2.24. The van der Waals surface area contributed by atoms with E-state index in [2.05, 4.69) is 64.6 Å². The molecular formula is C14H24OS. The van der Waals surface area contributed by atoms with Gasteiger partial charge < -0.3 is 5.11 Å². The summed E-state index contributed by atoms with van der Waals surface area (Å²) in [5, 5.41) is 7.92. The van der Waals surface area contributed by atoms with Crippen molar-refractivity contribution in [1.29, 1.82) is 0 Å². The molecule has 0 amide bonds. The van der Waals surface area contributed by atoms with Crippen LogP contribution in [0, 0.1) is 0 Å². The van der Waals surface area contributed by atoms with Gasteiger partial charge in [0, 0.05) is 0 Å². The van der Waals surface area contributed by atoms with Crippen LogP contribution in [-0.4, -0.2) is 10.5 Å². The van der Waals surface area contributed by atoms with E-state index < -0.39 is 5.44 Å². The highest BCUT2D eigenvalue weighted by atomic mass is 32.1. The predicted octanol–water partition coefficient (Wildman–Crippen LogP) is 4.19. The summed E-state index contributed by atoms with van der Waals surface area (Å²) in [6.45, 7) is 10.6. The lowest BCUT2D eigenvalue weighted by molar-refractivity contribution is 0.286. The molecule has 0 aliphatic carbocycles. The lowest BCUT2D eigenvalue weighted by Crippen LogP contribution is -1.97. The van der Waals surface area contributed by atoms with Crippen LogP contribution in [0.2, 0.25) is 0 Å². The first-order valence-corrected chi connectivity index (χ1v) is 6.32. The Bertz CT molecular complexity index is 263. The van der Waals surface area contributed by atoms with Crippen molar-refractivity contribution in [1.82, 2.24) is 0 Å². The Labute approximate surface area is 105 Å². The number of benzene rings is 1. The predicted molar refractivity (Wildman–Crippen MR) is 75.3 cm³/mol. The van der Waals surface area contributed by atoms with Crippen LogP contribution < -0.4 is 0 Å². The normalized spacial score (nSPS) is 12.3. The Balaban J connectivity index is 0.000000487. The van der Waals surface area contributed by atoms with Crippen LogP contribution in [0.15, 0.2) is 24.3 Å². The first kappa shape index (κ1) is 15.5. The van der Waals surface area contributed by atoms with Crippen molar-refractivity contribution in [3.63, 3.8) is 0 Å². The van der Waals surface area contributed by atoms with Gasteiger partial charge in [0.05, 0.1) is 5.44 Å². The quantitative estimate of drug-likeness (QED) is 0.587. The van der Waals surface area contributed by atoms with Gasteiger partial charge in [0.15, 0.2) is 0 Å². The molecule has 2 heteroatoms. The molecule has 16 heavy (non-hydrogen) atoms. The lowest BCUT2D eigenvalue weighted by atomic mass is 9.91. The molecule has 0 bridgehead atoms. The minimum atomic E-state index is -0.472. The summed E-state index contributed by atoms with van der Waals surface area (Å²) in [7, 11) is 0. The largest absolute Gasteiger partial charge is 0.383 e. The van der Waals surface area contributed by atoms with Crippen LogP contribution in [0.4, 0.5) is 0 Å². The zero-order chi connectivity index (χ0) is 12.7. The number of aliphatic hydroxyl groups is 1. The second-order valence-corrected chi connectivity index (χ2v) is 5.32. The van der Waals surface area contributed by atoms with Gasteiger partial charge in [-0.1, -0.05) is 52.0 Å². The molecule has 1 aromatic carbocycles. The van der Waals surface area contributed by atoms with Gasteiger partial charge in [0.1, 0.15) is 0 Å². The van der Waals surface area contributed by atoms with Crippen molar-refractivity contribution < 1.29 is 5.11 Å². The van der Waals surface area contributed by atoms with Crippen molar-refractivity contribution in [3.8, 4) is 0 Å². The number of aliphatic hydroxyl groups excluding tert-OH is 1. The summed E-state index contributed by atoms with van der Waals surface area (Å²) in [6.07, 6.45) is 0. The van der Waals surface area contributed by atoms with E-state index in [4.69, 9.17) is 5.11 Å². The molecule has 0 spiro atoms. The zero-order valence-corrected chi connectivity index (χ0v) is 11.8. The number of hydrogen-bond donors (Lipinski definition) is 2. The summed E-state index contributed by atoms with van der Waals surface area (Å²) in [5.74, 6) is 1.28. The molecular weight excluding hydrogens is 216 g/mol. The summed E-state index contributed by atoms with van der Waals surface area (Å²) in [6, 6.07) is 8.72. The minimum Gasteiger partial charge on any atom is -0.383 e. The topological polar surface area (TPSA) is 20.2 Å². The Hall–Kier alpha value is -0.470.